The highest BCUT2D eigenvalue weighted by Gasteiger charge is 1.97. The Labute approximate surface area is 87.5 Å². The molecule has 1 heterocycles. The summed E-state index contributed by atoms with van der Waals surface area (Å²) in [4.78, 5) is 10.2. The maximum atomic E-state index is 10.2. The molecule has 0 unspecified atom stereocenters. The third-order valence-electron chi connectivity index (χ3n) is 2.07. The maximum Gasteiger partial charge on any atom is 0.207 e. The van der Waals surface area contributed by atoms with Crippen LogP contribution in [0.4, 0.5) is 0 Å². The normalized spacial score (nSPS) is 9.87. The number of benzene rings is 1. The average Bonchev–Trinajstić information content (AvgIpc) is 2.80. The molecule has 1 N–H and O–H groups in total. The second-order valence-electron chi connectivity index (χ2n) is 3.12. The van der Waals surface area contributed by atoms with E-state index in [2.05, 4.69) is 10.4 Å². The molecule has 0 saturated heterocycles. The number of nitrogens with zero attached hydrogens (tertiary/aromatic N) is 2. The molecule has 0 fully saturated rings. The summed E-state index contributed by atoms with van der Waals surface area (Å²) in [6, 6.07) is 9.74. The van der Waals surface area contributed by atoms with Crippen LogP contribution in [0.15, 0.2) is 42.7 Å². The third kappa shape index (κ3) is 2.22. The highest BCUT2D eigenvalue weighted by molar-refractivity contribution is 5.46. The fourth-order valence-electron chi connectivity index (χ4n) is 1.39. The smallest absolute Gasteiger partial charge is 0.207 e. The third-order valence-corrected chi connectivity index (χ3v) is 2.07. The zero-order valence-electron chi connectivity index (χ0n) is 8.13. The van der Waals surface area contributed by atoms with E-state index >= 15 is 0 Å². The zero-order valence-corrected chi connectivity index (χ0v) is 8.13. The lowest BCUT2D eigenvalue weighted by Gasteiger charge is -2.04. The lowest BCUT2D eigenvalue weighted by Crippen LogP contribution is -2.10. The predicted molar refractivity (Wildman–Crippen MR) is 56.5 cm³/mol. The molecule has 0 atom stereocenters. The number of nitrogens with one attached hydrogen (secondary N) is 1. The second-order valence-corrected chi connectivity index (χ2v) is 3.12. The van der Waals surface area contributed by atoms with Gasteiger partial charge in [-0.1, -0.05) is 12.1 Å². The molecule has 2 aromatic rings. The van der Waals surface area contributed by atoms with E-state index in [1.807, 2.05) is 36.5 Å². The van der Waals surface area contributed by atoms with Gasteiger partial charge in [0.1, 0.15) is 0 Å². The first-order valence-electron chi connectivity index (χ1n) is 4.66. The number of hydrogen-bond acceptors (Lipinski definition) is 2. The molecule has 1 amide bonds. The van der Waals surface area contributed by atoms with Gasteiger partial charge in [0.25, 0.3) is 0 Å². The Morgan fingerprint density at radius 1 is 1.40 bits per heavy atom. The van der Waals surface area contributed by atoms with E-state index in [1.54, 1.807) is 10.9 Å². The van der Waals surface area contributed by atoms with Crippen LogP contribution in [0, 0.1) is 0 Å². The van der Waals surface area contributed by atoms with Gasteiger partial charge in [0, 0.05) is 18.9 Å². The first-order valence-corrected chi connectivity index (χ1v) is 4.66. The summed E-state index contributed by atoms with van der Waals surface area (Å²) in [6.07, 6.45) is 4.31. The lowest BCUT2D eigenvalue weighted by atomic mass is 10.2. The number of rotatable bonds is 4. The number of aromatic nitrogens is 2. The minimum Gasteiger partial charge on any atom is -0.355 e. The van der Waals surface area contributed by atoms with Gasteiger partial charge in [0.2, 0.25) is 6.41 Å². The molecule has 1 aromatic heterocycles. The second kappa shape index (κ2) is 4.41. The van der Waals surface area contributed by atoms with Crippen LogP contribution >= 0.6 is 0 Å². The predicted octanol–water partition coefficient (Wildman–Crippen LogP) is 1.12. The van der Waals surface area contributed by atoms with E-state index in [0.29, 0.717) is 13.0 Å². The fourth-order valence-corrected chi connectivity index (χ4v) is 1.39. The van der Waals surface area contributed by atoms with Crippen LogP contribution in [0.2, 0.25) is 0 Å². The van der Waals surface area contributed by atoms with Crippen molar-refractivity contribution >= 4 is 6.41 Å². The van der Waals surface area contributed by atoms with E-state index in [9.17, 15) is 4.79 Å². The fraction of sp³-hybridized carbons (Fsp3) is 0.0909. The molecular weight excluding hydrogens is 190 g/mol. The summed E-state index contributed by atoms with van der Waals surface area (Å²) in [5.41, 5.74) is 2.04. The van der Waals surface area contributed by atoms with Crippen molar-refractivity contribution in [2.45, 2.75) is 6.54 Å². The minimum absolute atomic E-state index is 0.540. The van der Waals surface area contributed by atoms with Crippen molar-refractivity contribution in [3.05, 3.63) is 48.3 Å². The van der Waals surface area contributed by atoms with Gasteiger partial charge in [0.05, 0.1) is 5.69 Å². The molecule has 0 aliphatic heterocycles. The summed E-state index contributed by atoms with van der Waals surface area (Å²) >= 11 is 0. The maximum absolute atomic E-state index is 10.2. The Balaban J connectivity index is 2.23. The van der Waals surface area contributed by atoms with Crippen molar-refractivity contribution < 1.29 is 4.79 Å². The average molecular weight is 201 g/mol. The monoisotopic (exact) mass is 201 g/mol. The highest BCUT2D eigenvalue weighted by Crippen LogP contribution is 2.08. The Kier molecular flexibility index (Phi) is 2.78. The van der Waals surface area contributed by atoms with Crippen LogP contribution in [0.25, 0.3) is 5.69 Å². The van der Waals surface area contributed by atoms with Crippen LogP contribution in [-0.4, -0.2) is 16.2 Å². The Morgan fingerprint density at radius 2 is 2.33 bits per heavy atom. The van der Waals surface area contributed by atoms with Gasteiger partial charge in [-0.2, -0.15) is 5.10 Å². The van der Waals surface area contributed by atoms with Gasteiger partial charge in [0.15, 0.2) is 0 Å². The summed E-state index contributed by atoms with van der Waals surface area (Å²) in [5, 5.41) is 6.76. The van der Waals surface area contributed by atoms with Gasteiger partial charge >= 0.3 is 0 Å². The van der Waals surface area contributed by atoms with Gasteiger partial charge in [-0.05, 0) is 23.8 Å². The van der Waals surface area contributed by atoms with Gasteiger partial charge < -0.3 is 5.32 Å². The van der Waals surface area contributed by atoms with Gasteiger partial charge in [-0.3, -0.25) is 4.79 Å². The van der Waals surface area contributed by atoms with Crippen LogP contribution in [0.3, 0.4) is 0 Å². The molecule has 4 nitrogen and oxygen atoms in total. The molecule has 0 aliphatic carbocycles. The van der Waals surface area contributed by atoms with Crippen molar-refractivity contribution in [3.63, 3.8) is 0 Å². The highest BCUT2D eigenvalue weighted by atomic mass is 16.1. The van der Waals surface area contributed by atoms with Gasteiger partial charge in [-0.25, -0.2) is 4.68 Å². The Hall–Kier alpha value is -2.10. The van der Waals surface area contributed by atoms with Crippen LogP contribution in [0.1, 0.15) is 5.56 Å². The summed E-state index contributed by atoms with van der Waals surface area (Å²) in [5.74, 6) is 0. The Bertz CT molecular complexity index is 437. The van der Waals surface area contributed by atoms with Crippen LogP contribution in [0.5, 0.6) is 0 Å². The van der Waals surface area contributed by atoms with Crippen molar-refractivity contribution in [1.82, 2.24) is 15.1 Å². The van der Waals surface area contributed by atoms with Crippen molar-refractivity contribution in [2.24, 2.45) is 0 Å². The molecule has 1 aromatic carbocycles. The summed E-state index contributed by atoms with van der Waals surface area (Å²) in [6.45, 7) is 0.540. The van der Waals surface area contributed by atoms with Crippen molar-refractivity contribution in [1.29, 1.82) is 0 Å². The molecule has 0 aliphatic rings. The molecule has 2 rings (SSSR count). The SMILES string of the molecule is O=CNCc1cccc(-n2cccn2)c1. The largest absolute Gasteiger partial charge is 0.355 e. The van der Waals surface area contributed by atoms with Crippen molar-refractivity contribution in [2.75, 3.05) is 0 Å². The van der Waals surface area contributed by atoms with E-state index in [0.717, 1.165) is 11.3 Å². The molecule has 76 valence electrons. The first-order chi connectivity index (χ1) is 7.40. The quantitative estimate of drug-likeness (QED) is 0.753. The molecular formula is C11H11N3O. The number of amides is 1. The topological polar surface area (TPSA) is 46.9 Å². The molecule has 0 saturated carbocycles. The summed E-state index contributed by atoms with van der Waals surface area (Å²) < 4.78 is 1.78. The van der Waals surface area contributed by atoms with Crippen molar-refractivity contribution in [3.8, 4) is 5.69 Å². The molecule has 0 spiro atoms. The number of carbonyl (C=O) groups excluding carboxylic acids is 1. The lowest BCUT2D eigenvalue weighted by molar-refractivity contribution is -0.109. The van der Waals surface area contributed by atoms with E-state index in [4.69, 9.17) is 0 Å². The zero-order chi connectivity index (χ0) is 10.5. The van der Waals surface area contributed by atoms with E-state index in [1.165, 1.54) is 0 Å². The molecule has 0 bridgehead atoms. The Morgan fingerprint density at radius 3 is 3.07 bits per heavy atom. The first kappa shape index (κ1) is 9.45. The van der Waals surface area contributed by atoms with E-state index < -0.39 is 0 Å². The minimum atomic E-state index is 0.540. The number of hydrogen-bond donors (Lipinski definition) is 1. The van der Waals surface area contributed by atoms with Crippen LogP contribution in [-0.2, 0) is 11.3 Å². The standard InChI is InChI=1S/C11H11N3O/c15-9-12-8-10-3-1-4-11(7-10)14-6-2-5-13-14/h1-7,9H,8H2,(H,12,15). The molecule has 4 heteroatoms. The summed E-state index contributed by atoms with van der Waals surface area (Å²) in [7, 11) is 0. The van der Waals surface area contributed by atoms with Gasteiger partial charge in [-0.15, -0.1) is 0 Å². The number of carbonyl (C=O) groups is 1. The molecule has 0 radical (unpaired) electrons. The van der Waals surface area contributed by atoms with Crippen LogP contribution < -0.4 is 5.32 Å². The molecule has 15 heavy (non-hydrogen) atoms. The van der Waals surface area contributed by atoms with E-state index in [-0.39, 0.29) is 0 Å².